The largest absolute Gasteiger partial charge is 0.360 e. The minimum Gasteiger partial charge on any atom is -0.360 e. The van der Waals surface area contributed by atoms with Gasteiger partial charge in [-0.2, -0.15) is 0 Å². The summed E-state index contributed by atoms with van der Waals surface area (Å²) in [7, 11) is -3.96. The lowest BCUT2D eigenvalue weighted by Gasteiger charge is -2.11. The summed E-state index contributed by atoms with van der Waals surface area (Å²) < 4.78 is 28.5. The molecule has 0 aliphatic heterocycles. The van der Waals surface area contributed by atoms with Crippen molar-refractivity contribution in [1.29, 1.82) is 0 Å². The Balaban J connectivity index is 1.60. The zero-order valence-corrected chi connectivity index (χ0v) is 20.7. The van der Waals surface area contributed by atoms with Crippen molar-refractivity contribution in [2.24, 2.45) is 0 Å². The minimum atomic E-state index is -3.96. The van der Waals surface area contributed by atoms with E-state index < -0.39 is 21.4 Å². The van der Waals surface area contributed by atoms with Gasteiger partial charge in [0.2, 0.25) is 5.43 Å². The number of fused-ring (bicyclic) bond motifs is 1. The second kappa shape index (κ2) is 9.93. The van der Waals surface area contributed by atoms with Gasteiger partial charge in [0, 0.05) is 34.4 Å². The lowest BCUT2D eigenvalue weighted by atomic mass is 10.0. The van der Waals surface area contributed by atoms with E-state index in [9.17, 15) is 18.0 Å². The van der Waals surface area contributed by atoms with E-state index in [1.165, 1.54) is 24.4 Å². The number of aromatic nitrogens is 1. The molecule has 0 radical (unpaired) electrons. The van der Waals surface area contributed by atoms with Crippen molar-refractivity contribution in [3.8, 4) is 0 Å². The third kappa shape index (κ3) is 5.39. The van der Waals surface area contributed by atoms with Gasteiger partial charge in [-0.15, -0.1) is 0 Å². The van der Waals surface area contributed by atoms with Crippen LogP contribution in [0.4, 0.5) is 5.69 Å². The van der Waals surface area contributed by atoms with Gasteiger partial charge in [0.05, 0.1) is 4.90 Å². The molecule has 0 saturated carbocycles. The molecule has 4 aromatic rings. The smallest absolute Gasteiger partial charge is 0.261 e. The molecular weight excluding hydrogens is 486 g/mol. The zero-order valence-electron chi connectivity index (χ0n) is 19.1. The molecule has 4 rings (SSSR count). The predicted octanol–water partition coefficient (Wildman–Crippen LogP) is 5.04. The van der Waals surface area contributed by atoms with E-state index in [-0.39, 0.29) is 22.4 Å². The van der Waals surface area contributed by atoms with Crippen LogP contribution >= 0.6 is 11.6 Å². The number of pyridine rings is 1. The molecule has 0 atom stereocenters. The number of rotatable bonds is 7. The summed E-state index contributed by atoms with van der Waals surface area (Å²) in [4.78, 5) is 28.6. The molecular formula is C26H24ClN3O4S. The summed E-state index contributed by atoms with van der Waals surface area (Å²) in [6.45, 7) is 4.25. The summed E-state index contributed by atoms with van der Waals surface area (Å²) in [5, 5.41) is 3.27. The molecule has 3 aromatic carbocycles. The number of carbonyl (C=O) groups is 1. The van der Waals surface area contributed by atoms with E-state index in [0.29, 0.717) is 27.7 Å². The van der Waals surface area contributed by atoms with Crippen LogP contribution in [0, 0.1) is 0 Å². The SMILES string of the molecule is CC(C)c1ccc(NS(=O)(=O)c2ccc3[nH]cc(C(=O)NCc4ccccc4Cl)c(=O)c3c2)cc1. The second-order valence-electron chi connectivity index (χ2n) is 8.40. The number of hydrogen-bond donors (Lipinski definition) is 3. The standard InChI is InChI=1S/C26H24ClN3O4S/c1-16(2)17-7-9-19(10-8-17)30-35(33,34)20-11-12-24-21(13-20)25(31)22(15-28-24)26(32)29-14-18-5-3-4-6-23(18)27/h3-13,15-16,30H,14H2,1-2H3,(H,28,31)(H,29,32). The first-order valence-electron chi connectivity index (χ1n) is 11.0. The number of amides is 1. The highest BCUT2D eigenvalue weighted by molar-refractivity contribution is 7.92. The van der Waals surface area contributed by atoms with Gasteiger partial charge >= 0.3 is 0 Å². The van der Waals surface area contributed by atoms with Gasteiger partial charge in [0.1, 0.15) is 5.56 Å². The van der Waals surface area contributed by atoms with Gasteiger partial charge in [-0.05, 0) is 53.4 Å². The van der Waals surface area contributed by atoms with Crippen LogP contribution < -0.4 is 15.5 Å². The van der Waals surface area contributed by atoms with E-state index in [0.717, 1.165) is 5.56 Å². The van der Waals surface area contributed by atoms with Gasteiger partial charge in [-0.25, -0.2) is 8.42 Å². The fourth-order valence-electron chi connectivity index (χ4n) is 3.60. The summed E-state index contributed by atoms with van der Waals surface area (Å²) >= 11 is 6.12. The van der Waals surface area contributed by atoms with E-state index in [4.69, 9.17) is 11.6 Å². The summed E-state index contributed by atoms with van der Waals surface area (Å²) in [6, 6.07) is 18.3. The van der Waals surface area contributed by atoms with E-state index in [2.05, 4.69) is 28.9 Å². The van der Waals surface area contributed by atoms with Gasteiger partial charge in [0.15, 0.2) is 0 Å². The molecule has 0 spiro atoms. The topological polar surface area (TPSA) is 108 Å². The van der Waals surface area contributed by atoms with Gasteiger partial charge < -0.3 is 10.3 Å². The maximum Gasteiger partial charge on any atom is 0.261 e. The minimum absolute atomic E-state index is 0.0861. The molecule has 0 saturated heterocycles. The monoisotopic (exact) mass is 509 g/mol. The Hall–Kier alpha value is -3.62. The van der Waals surface area contributed by atoms with Crippen molar-refractivity contribution in [1.82, 2.24) is 10.3 Å². The lowest BCUT2D eigenvalue weighted by molar-refractivity contribution is 0.0949. The molecule has 180 valence electrons. The summed E-state index contributed by atoms with van der Waals surface area (Å²) in [6.07, 6.45) is 1.31. The molecule has 1 aromatic heterocycles. The fraction of sp³-hybridized carbons (Fsp3) is 0.154. The Morgan fingerprint density at radius 1 is 1.03 bits per heavy atom. The van der Waals surface area contributed by atoms with Crippen LogP contribution in [0.2, 0.25) is 5.02 Å². The van der Waals surface area contributed by atoms with Crippen molar-refractivity contribution >= 4 is 44.1 Å². The van der Waals surface area contributed by atoms with Crippen molar-refractivity contribution in [3.05, 3.63) is 105 Å². The number of H-pyrrole nitrogens is 1. The maximum atomic E-state index is 13.1. The molecule has 1 amide bonds. The zero-order chi connectivity index (χ0) is 25.2. The van der Waals surface area contributed by atoms with E-state index in [1.807, 2.05) is 12.1 Å². The predicted molar refractivity (Wildman–Crippen MR) is 139 cm³/mol. The number of aromatic amines is 1. The Kier molecular flexibility index (Phi) is 6.95. The van der Waals surface area contributed by atoms with Crippen LogP contribution in [0.15, 0.2) is 82.6 Å². The van der Waals surface area contributed by atoms with Crippen molar-refractivity contribution < 1.29 is 13.2 Å². The highest BCUT2D eigenvalue weighted by atomic mass is 35.5. The van der Waals surface area contributed by atoms with Crippen molar-refractivity contribution in [2.45, 2.75) is 31.2 Å². The Morgan fingerprint density at radius 2 is 1.74 bits per heavy atom. The van der Waals surface area contributed by atoms with Crippen LogP contribution in [0.1, 0.15) is 41.3 Å². The van der Waals surface area contributed by atoms with Crippen LogP contribution in [0.25, 0.3) is 10.9 Å². The molecule has 0 aliphatic carbocycles. The average Bonchev–Trinajstić information content (AvgIpc) is 2.83. The number of carbonyl (C=O) groups excluding carboxylic acids is 1. The van der Waals surface area contributed by atoms with Gasteiger partial charge in [0.25, 0.3) is 15.9 Å². The first-order valence-corrected chi connectivity index (χ1v) is 12.8. The molecule has 0 fully saturated rings. The first kappa shape index (κ1) is 24.5. The molecule has 1 heterocycles. The lowest BCUT2D eigenvalue weighted by Crippen LogP contribution is -2.28. The first-order chi connectivity index (χ1) is 16.7. The third-order valence-electron chi connectivity index (χ3n) is 5.63. The number of nitrogens with one attached hydrogen (secondary N) is 3. The normalized spacial score (nSPS) is 11.5. The van der Waals surface area contributed by atoms with Gasteiger partial charge in [-0.3, -0.25) is 14.3 Å². The van der Waals surface area contributed by atoms with Crippen LogP contribution in [-0.2, 0) is 16.6 Å². The van der Waals surface area contributed by atoms with E-state index in [1.54, 1.807) is 36.4 Å². The van der Waals surface area contributed by atoms with Crippen LogP contribution in [-0.4, -0.2) is 19.3 Å². The molecule has 0 aliphatic rings. The maximum absolute atomic E-state index is 13.1. The third-order valence-corrected chi connectivity index (χ3v) is 7.38. The molecule has 0 bridgehead atoms. The molecule has 3 N–H and O–H groups in total. The molecule has 0 unspecified atom stereocenters. The highest BCUT2D eigenvalue weighted by Gasteiger charge is 2.18. The number of halogens is 1. The molecule has 9 heteroatoms. The van der Waals surface area contributed by atoms with Crippen LogP contribution in [0.3, 0.4) is 0 Å². The quantitative estimate of drug-likeness (QED) is 0.324. The Bertz CT molecular complexity index is 1560. The number of benzene rings is 3. The summed E-state index contributed by atoms with van der Waals surface area (Å²) in [5.41, 5.74) is 1.92. The second-order valence-corrected chi connectivity index (χ2v) is 10.5. The van der Waals surface area contributed by atoms with Crippen molar-refractivity contribution in [3.63, 3.8) is 0 Å². The summed E-state index contributed by atoms with van der Waals surface area (Å²) in [5.74, 6) is -0.270. The number of sulfonamides is 1. The number of anilines is 1. The average molecular weight is 510 g/mol. The highest BCUT2D eigenvalue weighted by Crippen LogP contribution is 2.22. The molecule has 7 nitrogen and oxygen atoms in total. The van der Waals surface area contributed by atoms with E-state index >= 15 is 0 Å². The van der Waals surface area contributed by atoms with Crippen LogP contribution in [0.5, 0.6) is 0 Å². The van der Waals surface area contributed by atoms with Gasteiger partial charge in [-0.1, -0.05) is 55.8 Å². The van der Waals surface area contributed by atoms with Crippen molar-refractivity contribution in [2.75, 3.05) is 4.72 Å². The number of hydrogen-bond acceptors (Lipinski definition) is 4. The Labute approximate surface area is 208 Å². The fourth-order valence-corrected chi connectivity index (χ4v) is 4.88. The molecule has 35 heavy (non-hydrogen) atoms. The Morgan fingerprint density at radius 3 is 2.43 bits per heavy atom.